The lowest BCUT2D eigenvalue weighted by molar-refractivity contribution is 0.397. The van der Waals surface area contributed by atoms with E-state index in [4.69, 9.17) is 15.2 Å². The number of allylic oxidation sites excluding steroid dienone is 1. The molecule has 1 aliphatic rings. The molecule has 0 aliphatic carbocycles. The van der Waals surface area contributed by atoms with E-state index in [1.807, 2.05) is 42.1 Å². The number of hydrogen-bond donors (Lipinski definition) is 1. The molecule has 0 spiro atoms. The second kappa shape index (κ2) is 5.56. The smallest absolute Gasteiger partial charge is 0.205 e. The number of benzene rings is 1. The maximum Gasteiger partial charge on any atom is 0.205 e. The molecule has 2 aromatic heterocycles. The second-order valence-corrected chi connectivity index (χ2v) is 5.93. The molecule has 0 saturated carbocycles. The number of ether oxygens (including phenoxy) is 2. The van der Waals surface area contributed by atoms with Crippen LogP contribution >= 0.6 is 0 Å². The zero-order valence-corrected chi connectivity index (χ0v) is 13.9. The maximum absolute atomic E-state index is 9.64. The predicted octanol–water partition coefficient (Wildman–Crippen LogP) is 2.80. The van der Waals surface area contributed by atoms with Crippen LogP contribution in [0.15, 0.2) is 54.3 Å². The maximum atomic E-state index is 9.64. The molecule has 6 nitrogen and oxygen atoms in total. The SMILES string of the molecule is COc1cncc(C2C(C#N)=C(N)Oc3c2ccc2c3ccn2C)c1. The average Bonchev–Trinajstić information content (AvgIpc) is 3.02. The Hall–Kier alpha value is -3.46. The van der Waals surface area contributed by atoms with E-state index in [9.17, 15) is 5.26 Å². The van der Waals surface area contributed by atoms with Crippen molar-refractivity contribution in [3.8, 4) is 17.6 Å². The van der Waals surface area contributed by atoms with Gasteiger partial charge in [0.2, 0.25) is 5.88 Å². The van der Waals surface area contributed by atoms with Crippen LogP contribution in [0.25, 0.3) is 10.9 Å². The molecule has 25 heavy (non-hydrogen) atoms. The van der Waals surface area contributed by atoms with Gasteiger partial charge in [-0.1, -0.05) is 6.07 Å². The molecule has 3 aromatic rings. The Balaban J connectivity index is 1.99. The summed E-state index contributed by atoms with van der Waals surface area (Å²) in [6.45, 7) is 0. The number of nitriles is 1. The topological polar surface area (TPSA) is 86.1 Å². The summed E-state index contributed by atoms with van der Waals surface area (Å²) in [6, 6.07) is 10.0. The van der Waals surface area contributed by atoms with Gasteiger partial charge in [0.05, 0.1) is 24.7 Å². The first kappa shape index (κ1) is 15.1. The van der Waals surface area contributed by atoms with E-state index in [2.05, 4.69) is 11.1 Å². The first-order valence-electron chi connectivity index (χ1n) is 7.78. The quantitative estimate of drug-likeness (QED) is 0.780. The minimum absolute atomic E-state index is 0.124. The summed E-state index contributed by atoms with van der Waals surface area (Å²) in [6.07, 6.45) is 5.32. The Morgan fingerprint density at radius 1 is 1.32 bits per heavy atom. The summed E-state index contributed by atoms with van der Waals surface area (Å²) in [5.74, 6) is 1.09. The summed E-state index contributed by atoms with van der Waals surface area (Å²) in [4.78, 5) is 4.22. The highest BCUT2D eigenvalue weighted by Gasteiger charge is 2.32. The van der Waals surface area contributed by atoms with Crippen LogP contribution in [0.1, 0.15) is 17.0 Å². The van der Waals surface area contributed by atoms with Crippen LogP contribution in [-0.2, 0) is 7.05 Å². The third kappa shape index (κ3) is 2.21. The monoisotopic (exact) mass is 332 g/mol. The fourth-order valence-electron chi connectivity index (χ4n) is 3.32. The minimum Gasteiger partial charge on any atom is -0.495 e. The molecule has 2 N–H and O–H groups in total. The van der Waals surface area contributed by atoms with Crippen LogP contribution in [0.2, 0.25) is 0 Å². The summed E-state index contributed by atoms with van der Waals surface area (Å²) < 4.78 is 13.1. The van der Waals surface area contributed by atoms with E-state index in [0.29, 0.717) is 17.1 Å². The molecule has 6 heteroatoms. The van der Waals surface area contributed by atoms with Gasteiger partial charge in [-0.25, -0.2) is 0 Å². The highest BCUT2D eigenvalue weighted by Crippen LogP contribution is 2.45. The Morgan fingerprint density at radius 3 is 2.92 bits per heavy atom. The van der Waals surface area contributed by atoms with Crippen molar-refractivity contribution in [3.05, 3.63) is 65.4 Å². The molecular formula is C19H16N4O2. The highest BCUT2D eigenvalue weighted by molar-refractivity contribution is 5.89. The molecular weight excluding hydrogens is 316 g/mol. The Labute approximate surface area is 144 Å². The predicted molar refractivity (Wildman–Crippen MR) is 93.0 cm³/mol. The number of methoxy groups -OCH3 is 1. The van der Waals surface area contributed by atoms with Gasteiger partial charge < -0.3 is 19.8 Å². The van der Waals surface area contributed by atoms with Crippen molar-refractivity contribution in [2.75, 3.05) is 7.11 Å². The van der Waals surface area contributed by atoms with Crippen molar-refractivity contribution in [1.29, 1.82) is 5.26 Å². The lowest BCUT2D eigenvalue weighted by Gasteiger charge is -2.27. The van der Waals surface area contributed by atoms with Crippen LogP contribution < -0.4 is 15.2 Å². The van der Waals surface area contributed by atoms with Crippen molar-refractivity contribution >= 4 is 10.9 Å². The number of nitrogens with zero attached hydrogens (tertiary/aromatic N) is 3. The number of rotatable bonds is 2. The van der Waals surface area contributed by atoms with Crippen molar-refractivity contribution < 1.29 is 9.47 Å². The van der Waals surface area contributed by atoms with E-state index in [1.165, 1.54) is 0 Å². The zero-order valence-electron chi connectivity index (χ0n) is 13.9. The summed E-state index contributed by atoms with van der Waals surface area (Å²) in [7, 11) is 3.56. The molecule has 0 amide bonds. The Bertz CT molecular complexity index is 1060. The fraction of sp³-hybridized carbons (Fsp3) is 0.158. The van der Waals surface area contributed by atoms with Gasteiger partial charge in [-0.15, -0.1) is 0 Å². The first-order valence-corrected chi connectivity index (χ1v) is 7.78. The van der Waals surface area contributed by atoms with Gasteiger partial charge in [-0.3, -0.25) is 4.98 Å². The van der Waals surface area contributed by atoms with Gasteiger partial charge in [-0.2, -0.15) is 5.26 Å². The van der Waals surface area contributed by atoms with Gasteiger partial charge in [0.25, 0.3) is 0 Å². The number of pyridine rings is 1. The van der Waals surface area contributed by atoms with E-state index in [1.54, 1.807) is 19.5 Å². The van der Waals surface area contributed by atoms with Gasteiger partial charge in [0.15, 0.2) is 0 Å². The molecule has 0 radical (unpaired) electrons. The summed E-state index contributed by atoms with van der Waals surface area (Å²) >= 11 is 0. The molecule has 0 bridgehead atoms. The van der Waals surface area contributed by atoms with E-state index in [0.717, 1.165) is 22.0 Å². The molecule has 124 valence electrons. The molecule has 1 aromatic carbocycles. The van der Waals surface area contributed by atoms with Crippen LogP contribution in [0.4, 0.5) is 0 Å². The number of hydrogen-bond acceptors (Lipinski definition) is 5. The van der Waals surface area contributed by atoms with Crippen molar-refractivity contribution in [3.63, 3.8) is 0 Å². The minimum atomic E-state index is -0.346. The number of aryl methyl sites for hydroxylation is 1. The van der Waals surface area contributed by atoms with Crippen LogP contribution in [-0.4, -0.2) is 16.7 Å². The zero-order chi connectivity index (χ0) is 17.6. The van der Waals surface area contributed by atoms with Crippen molar-refractivity contribution in [2.45, 2.75) is 5.92 Å². The average molecular weight is 332 g/mol. The number of aromatic nitrogens is 2. The van der Waals surface area contributed by atoms with Crippen molar-refractivity contribution in [2.24, 2.45) is 12.8 Å². The van der Waals surface area contributed by atoms with Crippen LogP contribution in [0.3, 0.4) is 0 Å². The van der Waals surface area contributed by atoms with E-state index >= 15 is 0 Å². The van der Waals surface area contributed by atoms with Gasteiger partial charge in [-0.05, 0) is 23.8 Å². The number of fused-ring (bicyclic) bond motifs is 3. The number of nitrogens with two attached hydrogens (primary N) is 1. The van der Waals surface area contributed by atoms with Gasteiger partial charge in [0.1, 0.15) is 23.1 Å². The lowest BCUT2D eigenvalue weighted by Crippen LogP contribution is -2.21. The second-order valence-electron chi connectivity index (χ2n) is 5.93. The van der Waals surface area contributed by atoms with Gasteiger partial charge >= 0.3 is 0 Å². The van der Waals surface area contributed by atoms with E-state index in [-0.39, 0.29) is 11.8 Å². The molecule has 1 aliphatic heterocycles. The lowest BCUT2D eigenvalue weighted by atomic mass is 9.83. The molecule has 1 atom stereocenters. The Kier molecular flexibility index (Phi) is 3.36. The van der Waals surface area contributed by atoms with Crippen LogP contribution in [0.5, 0.6) is 11.5 Å². The van der Waals surface area contributed by atoms with Gasteiger partial charge in [0, 0.05) is 30.4 Å². The molecule has 0 saturated heterocycles. The first-order chi connectivity index (χ1) is 12.1. The fourth-order valence-corrected chi connectivity index (χ4v) is 3.32. The summed E-state index contributed by atoms with van der Waals surface area (Å²) in [5, 5.41) is 10.6. The largest absolute Gasteiger partial charge is 0.495 e. The molecule has 3 heterocycles. The normalized spacial score (nSPS) is 16.3. The van der Waals surface area contributed by atoms with Crippen LogP contribution in [0, 0.1) is 11.3 Å². The standard InChI is InChI=1S/C19H16N4O2/c1-23-6-5-13-16(23)4-3-14-17(11-7-12(24-2)10-22-9-11)15(8-20)19(21)25-18(13)14/h3-7,9-10,17H,21H2,1-2H3. The Morgan fingerprint density at radius 2 is 2.16 bits per heavy atom. The third-order valence-electron chi connectivity index (χ3n) is 4.55. The van der Waals surface area contributed by atoms with Crippen molar-refractivity contribution in [1.82, 2.24) is 9.55 Å². The molecule has 0 fully saturated rings. The highest BCUT2D eigenvalue weighted by atomic mass is 16.5. The summed E-state index contributed by atoms with van der Waals surface area (Å²) in [5.41, 5.74) is 9.21. The molecule has 1 unspecified atom stereocenters. The third-order valence-corrected chi connectivity index (χ3v) is 4.55. The molecule has 4 rings (SSSR count). The van der Waals surface area contributed by atoms with E-state index < -0.39 is 0 Å².